The SMILES string of the molecule is COc1ccc(C2Oc3ccc(Cl)cc3C3CC(c4ccc(F)cc4)=NN32)cc1Br. The van der Waals surface area contributed by atoms with Crippen LogP contribution in [0.15, 0.2) is 70.2 Å². The van der Waals surface area contributed by atoms with Gasteiger partial charge in [0, 0.05) is 22.6 Å². The molecular formula is C23H17BrClFN2O2. The molecule has 3 aromatic rings. The van der Waals surface area contributed by atoms with Gasteiger partial charge in [0.05, 0.1) is 23.3 Å². The molecule has 4 nitrogen and oxygen atoms in total. The molecule has 7 heteroatoms. The van der Waals surface area contributed by atoms with Crippen LogP contribution in [0.3, 0.4) is 0 Å². The summed E-state index contributed by atoms with van der Waals surface area (Å²) in [6.45, 7) is 0. The largest absolute Gasteiger partial charge is 0.496 e. The molecular weight excluding hydrogens is 471 g/mol. The minimum Gasteiger partial charge on any atom is -0.496 e. The van der Waals surface area contributed by atoms with Crippen LogP contribution in [0.25, 0.3) is 0 Å². The van der Waals surface area contributed by atoms with E-state index in [1.165, 1.54) is 12.1 Å². The van der Waals surface area contributed by atoms with Gasteiger partial charge in [0.1, 0.15) is 17.3 Å². The normalized spacial score (nSPS) is 19.6. The fourth-order valence-electron chi connectivity index (χ4n) is 3.93. The Balaban J connectivity index is 1.59. The van der Waals surface area contributed by atoms with Crippen molar-refractivity contribution in [3.63, 3.8) is 0 Å². The van der Waals surface area contributed by atoms with Crippen LogP contribution in [0.5, 0.6) is 11.5 Å². The highest BCUT2D eigenvalue weighted by molar-refractivity contribution is 9.10. The number of hydrazone groups is 1. The second-order valence-corrected chi connectivity index (χ2v) is 8.49. The number of nitrogens with zero attached hydrogens (tertiary/aromatic N) is 2. The molecule has 2 unspecified atom stereocenters. The van der Waals surface area contributed by atoms with Crippen molar-refractivity contribution >= 4 is 33.2 Å². The van der Waals surface area contributed by atoms with Gasteiger partial charge in [-0.15, -0.1) is 0 Å². The van der Waals surface area contributed by atoms with Crippen LogP contribution in [0, 0.1) is 5.82 Å². The third kappa shape index (κ3) is 3.34. The minimum absolute atomic E-state index is 0.0293. The van der Waals surface area contributed by atoms with E-state index in [-0.39, 0.29) is 11.9 Å². The summed E-state index contributed by atoms with van der Waals surface area (Å²) in [5.41, 5.74) is 3.71. The number of hydrogen-bond donors (Lipinski definition) is 0. The summed E-state index contributed by atoms with van der Waals surface area (Å²) in [5.74, 6) is 1.26. The fourth-order valence-corrected chi connectivity index (χ4v) is 4.67. The summed E-state index contributed by atoms with van der Waals surface area (Å²) in [5, 5.41) is 7.50. The third-order valence-corrected chi connectivity index (χ3v) is 6.25. The molecule has 0 bridgehead atoms. The number of halogens is 3. The van der Waals surface area contributed by atoms with E-state index in [4.69, 9.17) is 26.2 Å². The smallest absolute Gasteiger partial charge is 0.213 e. The Labute approximate surface area is 187 Å². The third-order valence-electron chi connectivity index (χ3n) is 5.39. The van der Waals surface area contributed by atoms with Crippen LogP contribution in [0.1, 0.15) is 35.4 Å². The lowest BCUT2D eigenvalue weighted by Gasteiger charge is -2.38. The van der Waals surface area contributed by atoms with Gasteiger partial charge in [0.2, 0.25) is 6.23 Å². The lowest BCUT2D eigenvalue weighted by atomic mass is 9.96. The highest BCUT2D eigenvalue weighted by Crippen LogP contribution is 2.48. The standard InChI is InChI=1S/C23H17BrClFN2O2/c1-29-22-8-4-14(10-18(22)24)23-28-20(17-11-15(25)5-9-21(17)30-23)12-19(27-28)13-2-6-16(26)7-3-13/h2-11,20,23H,12H2,1H3. The molecule has 0 aliphatic carbocycles. The summed E-state index contributed by atoms with van der Waals surface area (Å²) in [7, 11) is 1.63. The molecule has 0 aromatic heterocycles. The van der Waals surface area contributed by atoms with Gasteiger partial charge < -0.3 is 9.47 Å². The van der Waals surface area contributed by atoms with Crippen molar-refractivity contribution in [2.75, 3.05) is 7.11 Å². The van der Waals surface area contributed by atoms with Crippen molar-refractivity contribution in [1.29, 1.82) is 0 Å². The summed E-state index contributed by atoms with van der Waals surface area (Å²) >= 11 is 9.83. The van der Waals surface area contributed by atoms with Crippen LogP contribution in [0.4, 0.5) is 4.39 Å². The Kier molecular flexibility index (Phi) is 4.91. The van der Waals surface area contributed by atoms with Gasteiger partial charge in [0.25, 0.3) is 0 Å². The van der Waals surface area contributed by atoms with Gasteiger partial charge in [-0.3, -0.25) is 0 Å². The molecule has 5 rings (SSSR count). The van der Waals surface area contributed by atoms with E-state index < -0.39 is 6.23 Å². The molecule has 0 amide bonds. The van der Waals surface area contributed by atoms with Crippen molar-refractivity contribution in [1.82, 2.24) is 5.01 Å². The molecule has 0 N–H and O–H groups in total. The highest BCUT2D eigenvalue weighted by Gasteiger charge is 2.41. The van der Waals surface area contributed by atoms with Crippen LogP contribution in [-0.2, 0) is 0 Å². The van der Waals surface area contributed by atoms with E-state index in [9.17, 15) is 4.39 Å². The second-order valence-electron chi connectivity index (χ2n) is 7.20. The first-order valence-electron chi connectivity index (χ1n) is 9.45. The van der Waals surface area contributed by atoms with E-state index in [0.717, 1.165) is 38.4 Å². The topological polar surface area (TPSA) is 34.1 Å². The van der Waals surface area contributed by atoms with Crippen molar-refractivity contribution in [3.05, 3.63) is 92.7 Å². The molecule has 2 heterocycles. The van der Waals surface area contributed by atoms with Gasteiger partial charge in [-0.25, -0.2) is 9.40 Å². The molecule has 2 aliphatic rings. The molecule has 2 atom stereocenters. The maximum Gasteiger partial charge on any atom is 0.213 e. The van der Waals surface area contributed by atoms with E-state index >= 15 is 0 Å². The summed E-state index contributed by atoms with van der Waals surface area (Å²) in [6.07, 6.45) is 0.264. The van der Waals surface area contributed by atoms with Crippen LogP contribution >= 0.6 is 27.5 Å². The van der Waals surface area contributed by atoms with Crippen molar-refractivity contribution in [3.8, 4) is 11.5 Å². The molecule has 0 saturated heterocycles. The molecule has 0 saturated carbocycles. The Morgan fingerprint density at radius 2 is 1.93 bits per heavy atom. The number of benzene rings is 3. The summed E-state index contributed by atoms with van der Waals surface area (Å²) < 4.78 is 25.9. The van der Waals surface area contributed by atoms with Gasteiger partial charge in [-0.2, -0.15) is 5.10 Å². The van der Waals surface area contributed by atoms with Crippen LogP contribution in [0.2, 0.25) is 5.02 Å². The number of ether oxygens (including phenoxy) is 2. The number of fused-ring (bicyclic) bond motifs is 3. The molecule has 0 spiro atoms. The maximum absolute atomic E-state index is 13.4. The lowest BCUT2D eigenvalue weighted by Crippen LogP contribution is -2.33. The van der Waals surface area contributed by atoms with Crippen LogP contribution in [-0.4, -0.2) is 17.8 Å². The Bertz CT molecular complexity index is 1150. The minimum atomic E-state index is -0.413. The number of hydrogen-bond acceptors (Lipinski definition) is 4. The van der Waals surface area contributed by atoms with Crippen molar-refractivity contribution < 1.29 is 13.9 Å². The van der Waals surface area contributed by atoms with E-state index in [1.54, 1.807) is 19.2 Å². The quantitative estimate of drug-likeness (QED) is 0.423. The average molecular weight is 488 g/mol. The first-order valence-corrected chi connectivity index (χ1v) is 10.6. The molecule has 30 heavy (non-hydrogen) atoms. The molecule has 3 aromatic carbocycles. The van der Waals surface area contributed by atoms with E-state index in [0.29, 0.717) is 11.4 Å². The maximum atomic E-state index is 13.4. The highest BCUT2D eigenvalue weighted by atomic mass is 79.9. The number of rotatable bonds is 3. The first kappa shape index (κ1) is 19.4. The Morgan fingerprint density at radius 3 is 2.67 bits per heavy atom. The molecule has 2 aliphatic heterocycles. The molecule has 0 fully saturated rings. The Hall–Kier alpha value is -2.57. The predicted molar refractivity (Wildman–Crippen MR) is 118 cm³/mol. The zero-order chi connectivity index (χ0) is 20.8. The van der Waals surface area contributed by atoms with Crippen molar-refractivity contribution in [2.24, 2.45) is 5.10 Å². The van der Waals surface area contributed by atoms with Gasteiger partial charge >= 0.3 is 0 Å². The van der Waals surface area contributed by atoms with Crippen molar-refractivity contribution in [2.45, 2.75) is 18.7 Å². The molecule has 0 radical (unpaired) electrons. The Morgan fingerprint density at radius 1 is 1.13 bits per heavy atom. The fraction of sp³-hybridized carbons (Fsp3) is 0.174. The van der Waals surface area contributed by atoms with Gasteiger partial charge in [-0.1, -0.05) is 23.7 Å². The summed E-state index contributed by atoms with van der Waals surface area (Å²) in [4.78, 5) is 0. The van der Waals surface area contributed by atoms with Crippen LogP contribution < -0.4 is 9.47 Å². The van der Waals surface area contributed by atoms with E-state index in [1.807, 2.05) is 41.4 Å². The second kappa shape index (κ2) is 7.60. The predicted octanol–water partition coefficient (Wildman–Crippen LogP) is 6.49. The van der Waals surface area contributed by atoms with E-state index in [2.05, 4.69) is 15.9 Å². The monoisotopic (exact) mass is 486 g/mol. The zero-order valence-electron chi connectivity index (χ0n) is 16.0. The van der Waals surface area contributed by atoms with Gasteiger partial charge in [0.15, 0.2) is 0 Å². The molecule has 152 valence electrons. The average Bonchev–Trinajstić information content (AvgIpc) is 3.19. The summed E-state index contributed by atoms with van der Waals surface area (Å²) in [6, 6.07) is 17.9. The first-order chi connectivity index (χ1) is 14.5. The van der Waals surface area contributed by atoms with Gasteiger partial charge in [-0.05, 0) is 70.0 Å². The zero-order valence-corrected chi connectivity index (χ0v) is 18.3. The number of methoxy groups -OCH3 is 1. The lowest BCUT2D eigenvalue weighted by molar-refractivity contribution is -0.0190.